The quantitative estimate of drug-likeness (QED) is 0.200. The third-order valence-corrected chi connectivity index (χ3v) is 8.10. The molecular formula is C39H28FN2O+. The van der Waals surface area contributed by atoms with Crippen LogP contribution >= 0.6 is 0 Å². The number of rotatable bonds is 4. The van der Waals surface area contributed by atoms with Crippen LogP contribution < -0.4 is 4.57 Å². The van der Waals surface area contributed by atoms with E-state index in [1.165, 1.54) is 12.3 Å². The Morgan fingerprint density at radius 3 is 2.02 bits per heavy atom. The van der Waals surface area contributed by atoms with Gasteiger partial charge in [0, 0.05) is 26.5 Å². The highest BCUT2D eigenvalue weighted by atomic mass is 19.1. The standard InChI is InChI=1S/C39H28FN2O/c1-24-12-18-32-33-19-17-31(22-41)37(39(33)43-38(32)36(24)35-20-25(2)34(40)23-42(35)3)28-15-13-27(14-16-28)30-11-7-10-29(21-30)26-8-5-4-6-9-26/h4-21,23H,1-3H3/q+1/i2D3. The Kier molecular flexibility index (Phi) is 5.57. The molecule has 43 heavy (non-hydrogen) atoms. The van der Waals surface area contributed by atoms with Crippen molar-refractivity contribution in [2.75, 3.05) is 0 Å². The molecule has 0 aliphatic carbocycles. The van der Waals surface area contributed by atoms with Crippen LogP contribution in [0.1, 0.15) is 20.8 Å². The summed E-state index contributed by atoms with van der Waals surface area (Å²) in [6, 6.07) is 38.0. The zero-order chi connectivity index (χ0) is 32.2. The minimum atomic E-state index is -2.62. The van der Waals surface area contributed by atoms with Crippen LogP contribution in [0.15, 0.2) is 120 Å². The molecule has 0 amide bonds. The zero-order valence-corrected chi connectivity index (χ0v) is 23.7. The number of pyridine rings is 1. The lowest BCUT2D eigenvalue weighted by molar-refractivity contribution is -0.662. The van der Waals surface area contributed by atoms with Crippen LogP contribution in [-0.2, 0) is 7.05 Å². The molecule has 2 aromatic heterocycles. The smallest absolute Gasteiger partial charge is 0.216 e. The van der Waals surface area contributed by atoms with E-state index in [0.29, 0.717) is 33.6 Å². The molecule has 0 N–H and O–H groups in total. The molecule has 206 valence electrons. The van der Waals surface area contributed by atoms with E-state index in [2.05, 4.69) is 42.5 Å². The van der Waals surface area contributed by atoms with Crippen LogP contribution in [0.3, 0.4) is 0 Å². The minimum absolute atomic E-state index is 0.352. The Morgan fingerprint density at radius 2 is 1.33 bits per heavy atom. The van der Waals surface area contributed by atoms with Gasteiger partial charge < -0.3 is 4.42 Å². The van der Waals surface area contributed by atoms with E-state index in [9.17, 15) is 9.65 Å². The van der Waals surface area contributed by atoms with Crippen LogP contribution in [0, 0.1) is 30.9 Å². The van der Waals surface area contributed by atoms with Gasteiger partial charge in [-0.15, -0.1) is 0 Å². The number of nitriles is 1. The van der Waals surface area contributed by atoms with Crippen LogP contribution in [0.4, 0.5) is 4.39 Å². The Labute approximate surface area is 253 Å². The van der Waals surface area contributed by atoms with Gasteiger partial charge in [-0.05, 0) is 70.9 Å². The van der Waals surface area contributed by atoms with Crippen molar-refractivity contribution in [2.24, 2.45) is 7.05 Å². The van der Waals surface area contributed by atoms with Gasteiger partial charge >= 0.3 is 0 Å². The lowest BCUT2D eigenvalue weighted by atomic mass is 9.94. The first-order valence-electron chi connectivity index (χ1n) is 15.5. The molecule has 0 saturated carbocycles. The van der Waals surface area contributed by atoms with Crippen LogP contribution in [0.25, 0.3) is 66.6 Å². The molecule has 2 heterocycles. The lowest BCUT2D eigenvalue weighted by Gasteiger charge is -2.09. The maximum Gasteiger partial charge on any atom is 0.216 e. The largest absolute Gasteiger partial charge is 0.454 e. The van der Waals surface area contributed by atoms with Gasteiger partial charge in [-0.25, -0.2) is 4.39 Å². The molecule has 0 unspecified atom stereocenters. The molecule has 0 saturated heterocycles. The number of benzene rings is 5. The van der Waals surface area contributed by atoms with Crippen LogP contribution in [0.2, 0.25) is 0 Å². The fourth-order valence-electron chi connectivity index (χ4n) is 5.90. The first kappa shape index (κ1) is 23.1. The molecule has 0 spiro atoms. The number of aromatic nitrogens is 1. The molecule has 5 aromatic carbocycles. The molecule has 0 aliphatic heterocycles. The summed E-state index contributed by atoms with van der Waals surface area (Å²) in [5.41, 5.74) is 9.16. The van der Waals surface area contributed by atoms with Crippen molar-refractivity contribution in [1.82, 2.24) is 0 Å². The van der Waals surface area contributed by atoms with Gasteiger partial charge in [-0.1, -0.05) is 84.9 Å². The lowest BCUT2D eigenvalue weighted by Crippen LogP contribution is -2.31. The van der Waals surface area contributed by atoms with Crippen molar-refractivity contribution in [3.8, 4) is 50.7 Å². The second kappa shape index (κ2) is 10.4. The Bertz CT molecular complexity index is 2330. The van der Waals surface area contributed by atoms with E-state index in [1.54, 1.807) is 17.7 Å². The van der Waals surface area contributed by atoms with E-state index >= 15 is 0 Å². The summed E-state index contributed by atoms with van der Waals surface area (Å²) in [7, 11) is 1.68. The molecule has 7 rings (SSSR count). The van der Waals surface area contributed by atoms with Crippen LogP contribution in [-0.4, -0.2) is 0 Å². The number of nitrogens with zero attached hydrogens (tertiary/aromatic N) is 2. The second-order valence-electron chi connectivity index (χ2n) is 10.8. The Balaban J connectivity index is 1.39. The summed E-state index contributed by atoms with van der Waals surface area (Å²) in [4.78, 5) is 0. The van der Waals surface area contributed by atoms with Gasteiger partial charge in [-0.3, -0.25) is 0 Å². The normalized spacial score (nSPS) is 12.6. The van der Waals surface area contributed by atoms with Gasteiger partial charge in [0.05, 0.1) is 17.2 Å². The maximum atomic E-state index is 14.7. The van der Waals surface area contributed by atoms with Crippen molar-refractivity contribution in [1.29, 1.82) is 5.26 Å². The molecule has 4 heteroatoms. The fraction of sp³-hybridized carbons (Fsp3) is 0.0769. The SMILES string of the molecule is [2H]C([2H])([2H])c1cc(-c2c(C)ccc3c2oc2c(-c4ccc(-c5cccc(-c6ccccc6)c5)cc4)c(C#N)ccc23)[n+](C)cc1F. The number of hydrogen-bond donors (Lipinski definition) is 0. The van der Waals surface area contributed by atoms with Crippen molar-refractivity contribution in [2.45, 2.75) is 13.8 Å². The predicted octanol–water partition coefficient (Wildman–Crippen LogP) is 9.71. The molecule has 0 bridgehead atoms. The van der Waals surface area contributed by atoms with E-state index in [4.69, 9.17) is 8.53 Å². The molecule has 7 aromatic rings. The molecule has 0 radical (unpaired) electrons. The summed E-state index contributed by atoms with van der Waals surface area (Å²) < 4.78 is 46.6. The molecular weight excluding hydrogens is 531 g/mol. The fourth-order valence-corrected chi connectivity index (χ4v) is 5.90. The minimum Gasteiger partial charge on any atom is -0.454 e. The highest BCUT2D eigenvalue weighted by molar-refractivity contribution is 6.14. The van der Waals surface area contributed by atoms with E-state index in [-0.39, 0.29) is 5.56 Å². The number of hydrogen-bond acceptors (Lipinski definition) is 2. The highest BCUT2D eigenvalue weighted by Gasteiger charge is 2.24. The first-order chi connectivity index (χ1) is 22.1. The van der Waals surface area contributed by atoms with Gasteiger partial charge in [0.15, 0.2) is 5.82 Å². The third-order valence-electron chi connectivity index (χ3n) is 8.10. The summed E-state index contributed by atoms with van der Waals surface area (Å²) in [6.07, 6.45) is 1.19. The Hall–Kier alpha value is -5.53. The number of furan rings is 1. The average molecular weight is 563 g/mol. The summed E-state index contributed by atoms with van der Waals surface area (Å²) in [5, 5.41) is 11.8. The summed E-state index contributed by atoms with van der Waals surface area (Å²) in [5.74, 6) is -0.795. The van der Waals surface area contributed by atoms with E-state index < -0.39 is 12.7 Å². The van der Waals surface area contributed by atoms with Crippen molar-refractivity contribution in [3.05, 3.63) is 138 Å². The number of aryl methyl sites for hydroxylation is 3. The molecule has 0 fully saturated rings. The summed E-state index contributed by atoms with van der Waals surface area (Å²) in [6.45, 7) is -0.708. The Morgan fingerprint density at radius 1 is 0.698 bits per heavy atom. The number of fused-ring (bicyclic) bond motifs is 3. The second-order valence-corrected chi connectivity index (χ2v) is 10.8. The highest BCUT2D eigenvalue weighted by Crippen LogP contribution is 2.42. The third kappa shape index (κ3) is 4.47. The van der Waals surface area contributed by atoms with Crippen molar-refractivity contribution < 1.29 is 17.5 Å². The topological polar surface area (TPSA) is 40.8 Å². The van der Waals surface area contributed by atoms with Crippen molar-refractivity contribution in [3.63, 3.8) is 0 Å². The van der Waals surface area contributed by atoms with Crippen LogP contribution in [0.5, 0.6) is 0 Å². The first-order valence-corrected chi connectivity index (χ1v) is 14.0. The number of halogens is 1. The molecule has 0 aliphatic rings. The summed E-state index contributed by atoms with van der Waals surface area (Å²) >= 11 is 0. The molecule has 3 nitrogen and oxygen atoms in total. The maximum absolute atomic E-state index is 14.7. The van der Waals surface area contributed by atoms with Gasteiger partial charge in [0.2, 0.25) is 11.9 Å². The monoisotopic (exact) mass is 562 g/mol. The van der Waals surface area contributed by atoms with Gasteiger partial charge in [0.25, 0.3) is 0 Å². The van der Waals surface area contributed by atoms with E-state index in [1.807, 2.05) is 67.6 Å². The zero-order valence-electron chi connectivity index (χ0n) is 26.7. The van der Waals surface area contributed by atoms with E-state index in [0.717, 1.165) is 44.2 Å². The average Bonchev–Trinajstić information content (AvgIpc) is 3.43. The predicted molar refractivity (Wildman–Crippen MR) is 171 cm³/mol. The molecule has 0 atom stereocenters. The van der Waals surface area contributed by atoms with Crippen molar-refractivity contribution >= 4 is 21.9 Å². The van der Waals surface area contributed by atoms with Gasteiger partial charge in [0.1, 0.15) is 18.2 Å². The van der Waals surface area contributed by atoms with Gasteiger partial charge in [-0.2, -0.15) is 9.83 Å².